The third kappa shape index (κ3) is 2.15. The van der Waals surface area contributed by atoms with Crippen molar-refractivity contribution >= 4 is 11.8 Å². The van der Waals surface area contributed by atoms with E-state index in [-0.39, 0.29) is 0 Å². The highest BCUT2D eigenvalue weighted by molar-refractivity contribution is 7.97. The molecule has 0 unspecified atom stereocenters. The van der Waals surface area contributed by atoms with Gasteiger partial charge in [-0.2, -0.15) is 16.7 Å². The lowest BCUT2D eigenvalue weighted by atomic mass is 9.95. The second-order valence-corrected chi connectivity index (χ2v) is 5.18. The summed E-state index contributed by atoms with van der Waals surface area (Å²) in [4.78, 5) is 4.46. The van der Waals surface area contributed by atoms with E-state index in [4.69, 9.17) is 4.52 Å². The fraction of sp³-hybridized carbons (Fsp3) is 0.385. The Bertz CT molecular complexity index is 553. The lowest BCUT2D eigenvalue weighted by Crippen LogP contribution is -2.24. The Labute approximate surface area is 110 Å². The molecule has 1 aromatic heterocycles. The van der Waals surface area contributed by atoms with E-state index in [1.807, 2.05) is 6.26 Å². The first kappa shape index (κ1) is 11.7. The van der Waals surface area contributed by atoms with E-state index >= 15 is 0 Å². The van der Waals surface area contributed by atoms with Crippen LogP contribution in [0.2, 0.25) is 0 Å². The minimum Gasteiger partial charge on any atom is -0.334 e. The standard InChI is InChI=1S/C13H15N3OS/c1-18-8-12-15-13(17-16-12)11-4-2-3-9-7-14-6-5-10(9)11/h2-4,14H,5-8H2,1H3. The fourth-order valence-electron chi connectivity index (χ4n) is 2.28. The largest absolute Gasteiger partial charge is 0.334 e. The highest BCUT2D eigenvalue weighted by Gasteiger charge is 2.17. The Kier molecular flexibility index (Phi) is 3.34. The highest BCUT2D eigenvalue weighted by Crippen LogP contribution is 2.27. The molecule has 1 aromatic carbocycles. The number of nitrogens with one attached hydrogen (secondary N) is 1. The quantitative estimate of drug-likeness (QED) is 0.918. The number of hydrogen-bond donors (Lipinski definition) is 1. The van der Waals surface area contributed by atoms with E-state index in [1.54, 1.807) is 11.8 Å². The summed E-state index contributed by atoms with van der Waals surface area (Å²) < 4.78 is 5.37. The molecule has 0 bridgehead atoms. The first-order chi connectivity index (χ1) is 8.88. The van der Waals surface area contributed by atoms with Crippen LogP contribution >= 0.6 is 11.8 Å². The van der Waals surface area contributed by atoms with Crippen LogP contribution in [0.25, 0.3) is 11.5 Å². The first-order valence-electron chi connectivity index (χ1n) is 6.02. The third-order valence-corrected chi connectivity index (χ3v) is 3.66. The summed E-state index contributed by atoms with van der Waals surface area (Å²) in [6, 6.07) is 6.28. The predicted molar refractivity (Wildman–Crippen MR) is 72.4 cm³/mol. The third-order valence-electron chi connectivity index (χ3n) is 3.11. The van der Waals surface area contributed by atoms with Gasteiger partial charge in [-0.05, 0) is 36.4 Å². The van der Waals surface area contributed by atoms with Gasteiger partial charge in [0.2, 0.25) is 0 Å². The molecule has 0 aliphatic carbocycles. The Hall–Kier alpha value is -1.33. The van der Waals surface area contributed by atoms with Crippen molar-refractivity contribution in [2.24, 2.45) is 0 Å². The number of hydrogen-bond acceptors (Lipinski definition) is 5. The Morgan fingerprint density at radius 3 is 3.28 bits per heavy atom. The van der Waals surface area contributed by atoms with E-state index in [2.05, 4.69) is 33.7 Å². The molecule has 5 heteroatoms. The molecule has 0 radical (unpaired) electrons. The van der Waals surface area contributed by atoms with Crippen LogP contribution in [0.15, 0.2) is 22.7 Å². The van der Waals surface area contributed by atoms with Gasteiger partial charge < -0.3 is 9.84 Å². The zero-order valence-corrected chi connectivity index (χ0v) is 11.1. The summed E-state index contributed by atoms with van der Waals surface area (Å²) in [7, 11) is 0. The van der Waals surface area contributed by atoms with E-state index < -0.39 is 0 Å². The van der Waals surface area contributed by atoms with Gasteiger partial charge in [0.15, 0.2) is 5.82 Å². The van der Waals surface area contributed by atoms with Gasteiger partial charge >= 0.3 is 0 Å². The summed E-state index contributed by atoms with van der Waals surface area (Å²) in [5.41, 5.74) is 3.77. The molecule has 0 fully saturated rings. The van der Waals surface area contributed by atoms with Crippen LogP contribution in [0.5, 0.6) is 0 Å². The molecule has 1 aliphatic rings. The smallest absolute Gasteiger partial charge is 0.258 e. The maximum atomic E-state index is 5.37. The highest BCUT2D eigenvalue weighted by atomic mass is 32.2. The van der Waals surface area contributed by atoms with Crippen LogP contribution in [-0.4, -0.2) is 22.9 Å². The van der Waals surface area contributed by atoms with Crippen molar-refractivity contribution in [3.05, 3.63) is 35.2 Å². The summed E-state index contributed by atoms with van der Waals surface area (Å²) in [5, 5.41) is 7.38. The van der Waals surface area contributed by atoms with Crippen molar-refractivity contribution in [1.82, 2.24) is 15.5 Å². The van der Waals surface area contributed by atoms with Crippen molar-refractivity contribution in [2.75, 3.05) is 12.8 Å². The van der Waals surface area contributed by atoms with E-state index in [9.17, 15) is 0 Å². The molecule has 0 atom stereocenters. The zero-order chi connectivity index (χ0) is 12.4. The maximum absolute atomic E-state index is 5.37. The topological polar surface area (TPSA) is 51.0 Å². The molecule has 0 spiro atoms. The van der Waals surface area contributed by atoms with E-state index in [0.29, 0.717) is 5.89 Å². The van der Waals surface area contributed by atoms with Gasteiger partial charge in [0, 0.05) is 12.1 Å². The number of nitrogens with zero attached hydrogens (tertiary/aromatic N) is 2. The van der Waals surface area contributed by atoms with Crippen molar-refractivity contribution in [1.29, 1.82) is 0 Å². The minimum atomic E-state index is 0.651. The average molecular weight is 261 g/mol. The number of fused-ring (bicyclic) bond motifs is 1. The van der Waals surface area contributed by atoms with Crippen molar-refractivity contribution < 1.29 is 4.52 Å². The fourth-order valence-corrected chi connectivity index (χ4v) is 2.66. The van der Waals surface area contributed by atoms with Gasteiger partial charge in [-0.25, -0.2) is 0 Å². The van der Waals surface area contributed by atoms with Crippen molar-refractivity contribution in [3.8, 4) is 11.5 Å². The monoisotopic (exact) mass is 261 g/mol. The average Bonchev–Trinajstić information content (AvgIpc) is 2.87. The molecule has 4 nitrogen and oxygen atoms in total. The summed E-state index contributed by atoms with van der Waals surface area (Å²) in [6.45, 7) is 1.94. The minimum absolute atomic E-state index is 0.651. The summed E-state index contributed by atoms with van der Waals surface area (Å²) >= 11 is 1.70. The molecular weight excluding hydrogens is 246 g/mol. The first-order valence-corrected chi connectivity index (χ1v) is 7.41. The van der Waals surface area contributed by atoms with Gasteiger partial charge in [0.25, 0.3) is 5.89 Å². The Morgan fingerprint density at radius 2 is 2.39 bits per heavy atom. The molecule has 18 heavy (non-hydrogen) atoms. The molecule has 2 aromatic rings. The number of rotatable bonds is 3. The number of aromatic nitrogens is 2. The van der Waals surface area contributed by atoms with Crippen LogP contribution in [0.4, 0.5) is 0 Å². The summed E-state index contributed by atoms with van der Waals surface area (Å²) in [6.07, 6.45) is 3.05. The van der Waals surface area contributed by atoms with Crippen LogP contribution in [0, 0.1) is 0 Å². The lowest BCUT2D eigenvalue weighted by molar-refractivity contribution is 0.424. The molecule has 3 rings (SSSR count). The molecule has 2 heterocycles. The summed E-state index contributed by atoms with van der Waals surface area (Å²) in [5.74, 6) is 2.21. The number of benzene rings is 1. The maximum Gasteiger partial charge on any atom is 0.258 e. The number of thioether (sulfide) groups is 1. The van der Waals surface area contributed by atoms with Gasteiger partial charge in [0.05, 0.1) is 5.75 Å². The van der Waals surface area contributed by atoms with Gasteiger partial charge in [0.1, 0.15) is 0 Å². The van der Waals surface area contributed by atoms with Crippen LogP contribution in [0.3, 0.4) is 0 Å². The molecule has 1 aliphatic heterocycles. The molecular formula is C13H15N3OS. The second-order valence-electron chi connectivity index (χ2n) is 4.32. The molecule has 0 amide bonds. The molecule has 0 saturated heterocycles. The zero-order valence-electron chi connectivity index (χ0n) is 10.3. The van der Waals surface area contributed by atoms with E-state index in [1.165, 1.54) is 11.1 Å². The van der Waals surface area contributed by atoms with E-state index in [0.717, 1.165) is 36.7 Å². The van der Waals surface area contributed by atoms with Crippen LogP contribution < -0.4 is 5.32 Å². The Morgan fingerprint density at radius 1 is 1.44 bits per heavy atom. The van der Waals surface area contributed by atoms with Gasteiger partial charge in [-0.3, -0.25) is 0 Å². The lowest BCUT2D eigenvalue weighted by Gasteiger charge is -2.18. The molecule has 94 valence electrons. The van der Waals surface area contributed by atoms with Gasteiger partial charge in [-0.1, -0.05) is 17.3 Å². The van der Waals surface area contributed by atoms with Crippen molar-refractivity contribution in [2.45, 2.75) is 18.7 Å². The molecule has 1 N–H and O–H groups in total. The van der Waals surface area contributed by atoms with Crippen LogP contribution in [-0.2, 0) is 18.7 Å². The molecule has 0 saturated carbocycles. The Balaban J connectivity index is 2.00. The normalized spacial score (nSPS) is 14.5. The predicted octanol–water partition coefficient (Wildman–Crippen LogP) is 2.25. The van der Waals surface area contributed by atoms with Gasteiger partial charge in [-0.15, -0.1) is 0 Å². The SMILES string of the molecule is CSCc1noc(-c2cccc3c2CCNC3)n1. The van der Waals surface area contributed by atoms with Crippen LogP contribution in [0.1, 0.15) is 17.0 Å². The second kappa shape index (κ2) is 5.12. The van der Waals surface area contributed by atoms with Crippen molar-refractivity contribution in [3.63, 3.8) is 0 Å².